The van der Waals surface area contributed by atoms with E-state index in [1.807, 2.05) is 6.92 Å². The maximum Gasteiger partial charge on any atom is 0.229 e. The second-order valence-corrected chi connectivity index (χ2v) is 4.04. The lowest BCUT2D eigenvalue weighted by molar-refractivity contribution is -0.117. The zero-order valence-corrected chi connectivity index (χ0v) is 9.03. The Kier molecular flexibility index (Phi) is 2.63. The van der Waals surface area contributed by atoms with Gasteiger partial charge in [-0.3, -0.25) is 4.79 Å². The molecule has 80 valence electrons. The van der Waals surface area contributed by atoms with Crippen molar-refractivity contribution in [1.82, 2.24) is 4.98 Å². The first-order chi connectivity index (χ1) is 7.06. The van der Waals surface area contributed by atoms with Crippen molar-refractivity contribution in [2.45, 2.75) is 19.4 Å². The number of hydrogen-bond donors (Lipinski definition) is 1. The number of nitrogens with zero attached hydrogens (tertiary/aromatic N) is 2. The minimum Gasteiger partial charge on any atom is -0.391 e. The molecule has 2 rings (SSSR count). The van der Waals surface area contributed by atoms with E-state index >= 15 is 0 Å². The number of pyridine rings is 1. The van der Waals surface area contributed by atoms with Gasteiger partial charge in [0.2, 0.25) is 5.91 Å². The smallest absolute Gasteiger partial charge is 0.229 e. The maximum atomic E-state index is 11.5. The van der Waals surface area contributed by atoms with Crippen molar-refractivity contribution in [2.75, 3.05) is 11.4 Å². The highest BCUT2D eigenvalue weighted by molar-refractivity contribution is 6.29. The van der Waals surface area contributed by atoms with E-state index in [-0.39, 0.29) is 12.3 Å². The zero-order chi connectivity index (χ0) is 11.0. The molecule has 1 atom stereocenters. The normalized spacial score (nSPS) is 21.1. The molecule has 1 unspecified atom stereocenters. The number of anilines is 1. The highest BCUT2D eigenvalue weighted by Crippen LogP contribution is 2.24. The average molecular weight is 227 g/mol. The predicted molar refractivity (Wildman–Crippen MR) is 57.0 cm³/mol. The minimum absolute atomic E-state index is 0.0795. The molecule has 15 heavy (non-hydrogen) atoms. The van der Waals surface area contributed by atoms with E-state index in [4.69, 9.17) is 11.6 Å². The second-order valence-electron chi connectivity index (χ2n) is 3.65. The Morgan fingerprint density at radius 3 is 2.87 bits per heavy atom. The number of carbonyl (C=O) groups is 1. The zero-order valence-electron chi connectivity index (χ0n) is 8.27. The molecule has 1 saturated heterocycles. The van der Waals surface area contributed by atoms with E-state index in [2.05, 4.69) is 4.98 Å². The Labute approximate surface area is 92.5 Å². The summed E-state index contributed by atoms with van der Waals surface area (Å²) in [5.74, 6) is -0.0795. The van der Waals surface area contributed by atoms with Gasteiger partial charge in [0.25, 0.3) is 0 Å². The summed E-state index contributed by atoms with van der Waals surface area (Å²) < 4.78 is 0. The fourth-order valence-electron chi connectivity index (χ4n) is 1.70. The van der Waals surface area contributed by atoms with Crippen LogP contribution in [0, 0.1) is 6.92 Å². The molecule has 2 heterocycles. The van der Waals surface area contributed by atoms with E-state index in [0.29, 0.717) is 17.4 Å². The van der Waals surface area contributed by atoms with Crippen LogP contribution in [0.5, 0.6) is 0 Å². The van der Waals surface area contributed by atoms with Crippen molar-refractivity contribution in [2.24, 2.45) is 0 Å². The average Bonchev–Trinajstić information content (AvgIpc) is 2.43. The van der Waals surface area contributed by atoms with Gasteiger partial charge in [0, 0.05) is 11.4 Å². The molecular weight excluding hydrogens is 216 g/mol. The number of β-amino-alcohol motifs (C(OH)–C–C–N with tert-alkyl or cyclic N) is 1. The number of aliphatic hydroxyl groups is 1. The van der Waals surface area contributed by atoms with Crippen LogP contribution in [0.3, 0.4) is 0 Å². The van der Waals surface area contributed by atoms with Crippen LogP contribution in [0.2, 0.25) is 5.15 Å². The number of aromatic nitrogens is 1. The molecule has 0 bridgehead atoms. The molecule has 5 heteroatoms. The summed E-state index contributed by atoms with van der Waals surface area (Å²) >= 11 is 5.80. The summed E-state index contributed by atoms with van der Waals surface area (Å²) in [6.45, 7) is 2.14. The highest BCUT2D eigenvalue weighted by Gasteiger charge is 2.29. The fourth-order valence-corrected chi connectivity index (χ4v) is 1.95. The van der Waals surface area contributed by atoms with Gasteiger partial charge in [-0.05, 0) is 19.1 Å². The fraction of sp³-hybridized carbons (Fsp3) is 0.400. The Bertz CT molecular complexity index is 388. The van der Waals surface area contributed by atoms with Crippen molar-refractivity contribution in [3.8, 4) is 0 Å². The Hall–Kier alpha value is -1.13. The molecule has 0 aliphatic carbocycles. The largest absolute Gasteiger partial charge is 0.391 e. The number of rotatable bonds is 1. The molecule has 1 aliphatic heterocycles. The quantitative estimate of drug-likeness (QED) is 0.731. The molecule has 1 aromatic rings. The van der Waals surface area contributed by atoms with Crippen molar-refractivity contribution in [1.29, 1.82) is 0 Å². The van der Waals surface area contributed by atoms with Crippen LogP contribution in [0.25, 0.3) is 0 Å². The summed E-state index contributed by atoms with van der Waals surface area (Å²) in [6, 6.07) is 3.41. The van der Waals surface area contributed by atoms with Gasteiger partial charge < -0.3 is 10.0 Å². The summed E-state index contributed by atoms with van der Waals surface area (Å²) in [6.07, 6.45) is -0.399. The van der Waals surface area contributed by atoms with E-state index < -0.39 is 6.10 Å². The highest BCUT2D eigenvalue weighted by atomic mass is 35.5. The number of halogens is 1. The predicted octanol–water partition coefficient (Wildman–Crippen LogP) is 1.14. The molecule has 0 radical (unpaired) electrons. The third-order valence-corrected chi connectivity index (χ3v) is 2.52. The van der Waals surface area contributed by atoms with Crippen LogP contribution >= 0.6 is 11.6 Å². The molecule has 1 amide bonds. The summed E-state index contributed by atoms with van der Waals surface area (Å²) in [5, 5.41) is 9.72. The van der Waals surface area contributed by atoms with Crippen LogP contribution < -0.4 is 4.90 Å². The molecule has 1 N–H and O–H groups in total. The topological polar surface area (TPSA) is 53.4 Å². The van der Waals surface area contributed by atoms with Crippen molar-refractivity contribution in [3.05, 3.63) is 23.0 Å². The number of hydrogen-bond acceptors (Lipinski definition) is 3. The van der Waals surface area contributed by atoms with Crippen LogP contribution in [0.1, 0.15) is 12.1 Å². The second kappa shape index (κ2) is 3.79. The van der Waals surface area contributed by atoms with Crippen molar-refractivity contribution in [3.63, 3.8) is 0 Å². The Morgan fingerprint density at radius 1 is 1.60 bits per heavy atom. The lowest BCUT2D eigenvalue weighted by Crippen LogP contribution is -2.25. The molecule has 4 nitrogen and oxygen atoms in total. The van der Waals surface area contributed by atoms with Crippen LogP contribution in [-0.2, 0) is 4.79 Å². The molecule has 1 aliphatic rings. The van der Waals surface area contributed by atoms with E-state index in [0.717, 1.165) is 5.69 Å². The summed E-state index contributed by atoms with van der Waals surface area (Å²) in [5.41, 5.74) is 1.46. The third-order valence-electron chi connectivity index (χ3n) is 2.32. The van der Waals surface area contributed by atoms with Gasteiger partial charge in [-0.2, -0.15) is 0 Å². The first kappa shape index (κ1) is 10.4. The summed E-state index contributed by atoms with van der Waals surface area (Å²) in [7, 11) is 0. The number of amides is 1. The van der Waals surface area contributed by atoms with Gasteiger partial charge in [-0.15, -0.1) is 0 Å². The van der Waals surface area contributed by atoms with Gasteiger partial charge >= 0.3 is 0 Å². The van der Waals surface area contributed by atoms with E-state index in [1.54, 1.807) is 12.1 Å². The molecular formula is C10H11ClN2O2. The van der Waals surface area contributed by atoms with Crippen LogP contribution in [-0.4, -0.2) is 28.6 Å². The lowest BCUT2D eigenvalue weighted by Gasteiger charge is -2.16. The van der Waals surface area contributed by atoms with E-state index in [9.17, 15) is 9.90 Å². The van der Waals surface area contributed by atoms with Crippen molar-refractivity contribution >= 4 is 23.2 Å². The Morgan fingerprint density at radius 2 is 2.33 bits per heavy atom. The number of carbonyl (C=O) groups excluding carboxylic acids is 1. The van der Waals surface area contributed by atoms with E-state index in [1.165, 1.54) is 4.90 Å². The molecule has 0 aromatic carbocycles. The summed E-state index contributed by atoms with van der Waals surface area (Å²) in [4.78, 5) is 17.1. The van der Waals surface area contributed by atoms with Gasteiger partial charge in [0.15, 0.2) is 0 Å². The lowest BCUT2D eigenvalue weighted by atomic mass is 10.3. The monoisotopic (exact) mass is 226 g/mol. The van der Waals surface area contributed by atoms with Crippen LogP contribution in [0.4, 0.5) is 5.69 Å². The molecule has 0 saturated carbocycles. The standard InChI is InChI=1S/C10H11ClN2O2/c1-6-2-7(3-9(11)12-6)13-5-8(14)4-10(13)15/h2-3,8,14H,4-5H2,1H3. The molecule has 0 spiro atoms. The maximum absolute atomic E-state index is 11.5. The van der Waals surface area contributed by atoms with Crippen molar-refractivity contribution < 1.29 is 9.90 Å². The van der Waals surface area contributed by atoms with Gasteiger partial charge in [-0.1, -0.05) is 11.6 Å². The molecule has 1 aromatic heterocycles. The van der Waals surface area contributed by atoms with Gasteiger partial charge in [0.05, 0.1) is 19.1 Å². The third kappa shape index (κ3) is 2.11. The van der Waals surface area contributed by atoms with Gasteiger partial charge in [0.1, 0.15) is 5.15 Å². The van der Waals surface area contributed by atoms with Gasteiger partial charge in [-0.25, -0.2) is 4.98 Å². The minimum atomic E-state index is -0.579. The Balaban J connectivity index is 2.33. The number of aryl methyl sites for hydroxylation is 1. The first-order valence-electron chi connectivity index (χ1n) is 4.69. The van der Waals surface area contributed by atoms with Crippen LogP contribution in [0.15, 0.2) is 12.1 Å². The first-order valence-corrected chi connectivity index (χ1v) is 5.06. The number of aliphatic hydroxyl groups excluding tert-OH is 1. The SMILES string of the molecule is Cc1cc(N2CC(O)CC2=O)cc(Cl)n1. The molecule has 1 fully saturated rings.